The van der Waals surface area contributed by atoms with Gasteiger partial charge in [-0.05, 0) is 42.0 Å². The highest BCUT2D eigenvalue weighted by molar-refractivity contribution is 9.10. The SMILES string of the molecule is S=C(NN=Cc1ccc(Br)cc1)Nc1ccccc1. The molecule has 0 saturated carbocycles. The minimum Gasteiger partial charge on any atom is -0.331 e. The molecule has 2 rings (SSSR count). The molecule has 5 heteroatoms. The van der Waals surface area contributed by atoms with Gasteiger partial charge in [-0.3, -0.25) is 5.43 Å². The maximum Gasteiger partial charge on any atom is 0.191 e. The first-order valence-corrected chi connectivity index (χ1v) is 6.85. The molecule has 0 spiro atoms. The number of hydrogen-bond donors (Lipinski definition) is 2. The third-order valence-electron chi connectivity index (χ3n) is 2.28. The summed E-state index contributed by atoms with van der Waals surface area (Å²) in [6, 6.07) is 17.5. The minimum atomic E-state index is 0.458. The van der Waals surface area contributed by atoms with Gasteiger partial charge in [0.05, 0.1) is 6.21 Å². The third kappa shape index (κ3) is 4.81. The molecule has 0 heterocycles. The van der Waals surface area contributed by atoms with E-state index >= 15 is 0 Å². The summed E-state index contributed by atoms with van der Waals surface area (Å²) >= 11 is 8.51. The van der Waals surface area contributed by atoms with Crippen molar-refractivity contribution in [1.29, 1.82) is 0 Å². The van der Waals surface area contributed by atoms with Crippen LogP contribution in [0.3, 0.4) is 0 Å². The highest BCUT2D eigenvalue weighted by atomic mass is 79.9. The van der Waals surface area contributed by atoms with Gasteiger partial charge in [-0.25, -0.2) is 0 Å². The summed E-state index contributed by atoms with van der Waals surface area (Å²) in [5.74, 6) is 0. The Morgan fingerprint density at radius 2 is 1.74 bits per heavy atom. The number of para-hydroxylation sites is 1. The van der Waals surface area contributed by atoms with E-state index in [0.717, 1.165) is 15.7 Å². The molecule has 0 aliphatic heterocycles. The number of thiocarbonyl (C=S) groups is 1. The molecule has 0 saturated heterocycles. The molecule has 0 aromatic heterocycles. The maximum absolute atomic E-state index is 5.13. The van der Waals surface area contributed by atoms with Crippen LogP contribution in [-0.4, -0.2) is 11.3 Å². The smallest absolute Gasteiger partial charge is 0.191 e. The Morgan fingerprint density at radius 1 is 1.05 bits per heavy atom. The number of hydrogen-bond acceptors (Lipinski definition) is 2. The number of nitrogens with zero attached hydrogens (tertiary/aromatic N) is 1. The van der Waals surface area contributed by atoms with Crippen LogP contribution in [0.15, 0.2) is 64.2 Å². The second-order valence-electron chi connectivity index (χ2n) is 3.74. The van der Waals surface area contributed by atoms with E-state index in [9.17, 15) is 0 Å². The lowest BCUT2D eigenvalue weighted by Gasteiger charge is -2.06. The second kappa shape index (κ2) is 7.01. The average Bonchev–Trinajstić information content (AvgIpc) is 2.42. The Hall–Kier alpha value is -1.72. The van der Waals surface area contributed by atoms with Crippen LogP contribution in [-0.2, 0) is 0 Å². The second-order valence-corrected chi connectivity index (χ2v) is 5.07. The van der Waals surface area contributed by atoms with Crippen LogP contribution in [0.25, 0.3) is 0 Å². The van der Waals surface area contributed by atoms with E-state index in [-0.39, 0.29) is 0 Å². The quantitative estimate of drug-likeness (QED) is 0.510. The zero-order valence-electron chi connectivity index (χ0n) is 10.0. The predicted octanol–water partition coefficient (Wildman–Crippen LogP) is 3.77. The van der Waals surface area contributed by atoms with Crippen molar-refractivity contribution in [3.05, 3.63) is 64.6 Å². The van der Waals surface area contributed by atoms with Gasteiger partial charge < -0.3 is 5.32 Å². The summed E-state index contributed by atoms with van der Waals surface area (Å²) in [7, 11) is 0. The van der Waals surface area contributed by atoms with Crippen LogP contribution in [0.5, 0.6) is 0 Å². The Balaban J connectivity index is 1.85. The molecule has 0 bridgehead atoms. The molecule has 0 aliphatic rings. The average molecular weight is 334 g/mol. The van der Waals surface area contributed by atoms with Crippen LogP contribution in [0.1, 0.15) is 5.56 Å². The van der Waals surface area contributed by atoms with Crippen LogP contribution in [0, 0.1) is 0 Å². The fourth-order valence-corrected chi connectivity index (χ4v) is 1.83. The molecule has 0 unspecified atom stereocenters. The van der Waals surface area contributed by atoms with Gasteiger partial charge >= 0.3 is 0 Å². The largest absolute Gasteiger partial charge is 0.331 e. The Kier molecular flexibility index (Phi) is 5.06. The predicted molar refractivity (Wildman–Crippen MR) is 87.5 cm³/mol. The fraction of sp³-hybridized carbons (Fsp3) is 0. The Morgan fingerprint density at radius 3 is 2.42 bits per heavy atom. The van der Waals surface area contributed by atoms with E-state index in [1.165, 1.54) is 0 Å². The normalized spacial score (nSPS) is 10.4. The molecule has 2 aromatic carbocycles. The Bertz CT molecular complexity index is 567. The van der Waals surface area contributed by atoms with Crippen molar-refractivity contribution < 1.29 is 0 Å². The summed E-state index contributed by atoms with van der Waals surface area (Å²) < 4.78 is 1.04. The summed E-state index contributed by atoms with van der Waals surface area (Å²) in [5, 5.41) is 7.57. The molecule has 0 fully saturated rings. The van der Waals surface area contributed by atoms with Crippen molar-refractivity contribution in [3.8, 4) is 0 Å². The fourth-order valence-electron chi connectivity index (χ4n) is 1.39. The summed E-state index contributed by atoms with van der Waals surface area (Å²) in [4.78, 5) is 0. The number of benzene rings is 2. The molecule has 19 heavy (non-hydrogen) atoms. The Labute approximate surface area is 125 Å². The number of halogens is 1. The minimum absolute atomic E-state index is 0.458. The van der Waals surface area contributed by atoms with Crippen molar-refractivity contribution in [2.45, 2.75) is 0 Å². The number of hydrazone groups is 1. The molecule has 0 amide bonds. The highest BCUT2D eigenvalue weighted by Gasteiger charge is 1.94. The van der Waals surface area contributed by atoms with Crippen molar-refractivity contribution in [2.24, 2.45) is 5.10 Å². The van der Waals surface area contributed by atoms with Gasteiger partial charge in [-0.15, -0.1) is 0 Å². The zero-order valence-corrected chi connectivity index (χ0v) is 12.4. The monoisotopic (exact) mass is 333 g/mol. The number of rotatable bonds is 3. The van der Waals surface area contributed by atoms with Gasteiger partial charge in [0.15, 0.2) is 5.11 Å². The number of nitrogens with one attached hydrogen (secondary N) is 2. The van der Waals surface area contributed by atoms with Crippen molar-refractivity contribution in [1.82, 2.24) is 5.43 Å². The molecular formula is C14H12BrN3S. The number of anilines is 1. The first-order valence-electron chi connectivity index (χ1n) is 5.65. The molecule has 0 atom stereocenters. The molecule has 2 N–H and O–H groups in total. The van der Waals surface area contributed by atoms with Crippen LogP contribution in [0.2, 0.25) is 0 Å². The third-order valence-corrected chi connectivity index (χ3v) is 3.00. The van der Waals surface area contributed by atoms with Gasteiger partial charge in [-0.1, -0.05) is 46.3 Å². The van der Waals surface area contributed by atoms with Crippen molar-refractivity contribution >= 4 is 45.2 Å². The van der Waals surface area contributed by atoms with E-state index in [1.54, 1.807) is 6.21 Å². The first kappa shape index (κ1) is 13.7. The molecule has 0 radical (unpaired) electrons. The molecular weight excluding hydrogens is 322 g/mol. The van der Waals surface area contributed by atoms with Crippen LogP contribution < -0.4 is 10.7 Å². The zero-order chi connectivity index (χ0) is 13.5. The lowest BCUT2D eigenvalue weighted by atomic mass is 10.2. The van der Waals surface area contributed by atoms with Gasteiger partial charge in [-0.2, -0.15) is 5.10 Å². The van der Waals surface area contributed by atoms with Crippen LogP contribution >= 0.6 is 28.1 Å². The molecule has 2 aromatic rings. The topological polar surface area (TPSA) is 36.4 Å². The van der Waals surface area contributed by atoms with Gasteiger partial charge in [0.25, 0.3) is 0 Å². The van der Waals surface area contributed by atoms with E-state index in [0.29, 0.717) is 5.11 Å². The van der Waals surface area contributed by atoms with E-state index in [2.05, 4.69) is 31.8 Å². The first-order chi connectivity index (χ1) is 9.24. The van der Waals surface area contributed by atoms with Gasteiger partial charge in [0.2, 0.25) is 0 Å². The molecule has 96 valence electrons. The summed E-state index contributed by atoms with van der Waals surface area (Å²) in [6.07, 6.45) is 1.71. The lowest BCUT2D eigenvalue weighted by Crippen LogP contribution is -2.23. The van der Waals surface area contributed by atoms with E-state index in [4.69, 9.17) is 12.2 Å². The highest BCUT2D eigenvalue weighted by Crippen LogP contribution is 2.09. The molecule has 0 aliphatic carbocycles. The lowest BCUT2D eigenvalue weighted by molar-refractivity contribution is 1.05. The van der Waals surface area contributed by atoms with Crippen molar-refractivity contribution in [3.63, 3.8) is 0 Å². The van der Waals surface area contributed by atoms with E-state index in [1.807, 2.05) is 54.6 Å². The van der Waals surface area contributed by atoms with Crippen molar-refractivity contribution in [2.75, 3.05) is 5.32 Å². The standard InChI is InChI=1S/C14H12BrN3S/c15-12-8-6-11(7-9-12)10-16-18-14(19)17-13-4-2-1-3-5-13/h1-10H,(H2,17,18,19). The van der Waals surface area contributed by atoms with E-state index < -0.39 is 0 Å². The van der Waals surface area contributed by atoms with Gasteiger partial charge in [0, 0.05) is 10.2 Å². The molecule has 3 nitrogen and oxygen atoms in total. The van der Waals surface area contributed by atoms with Gasteiger partial charge in [0.1, 0.15) is 0 Å². The van der Waals surface area contributed by atoms with Crippen LogP contribution in [0.4, 0.5) is 5.69 Å². The summed E-state index contributed by atoms with van der Waals surface area (Å²) in [5.41, 5.74) is 4.70. The maximum atomic E-state index is 5.13. The summed E-state index contributed by atoms with van der Waals surface area (Å²) in [6.45, 7) is 0.